The van der Waals surface area contributed by atoms with Crippen molar-refractivity contribution in [3.63, 3.8) is 0 Å². The summed E-state index contributed by atoms with van der Waals surface area (Å²) in [5.41, 5.74) is 7.14. The Bertz CT molecular complexity index is 775. The number of amides is 2. The van der Waals surface area contributed by atoms with Gasteiger partial charge in [-0.05, 0) is 31.4 Å². The van der Waals surface area contributed by atoms with Gasteiger partial charge in [-0.2, -0.15) is 0 Å². The van der Waals surface area contributed by atoms with Crippen molar-refractivity contribution in [3.05, 3.63) is 35.6 Å². The first kappa shape index (κ1) is 25.3. The van der Waals surface area contributed by atoms with Crippen LogP contribution in [0.25, 0.3) is 10.6 Å². The van der Waals surface area contributed by atoms with Crippen LogP contribution in [0.1, 0.15) is 31.4 Å². The molecule has 1 aliphatic rings. The average molecular weight is 460 g/mol. The molecule has 1 saturated heterocycles. The molecule has 1 unspecified atom stereocenters. The second-order valence-corrected chi connectivity index (χ2v) is 7.50. The molecule has 0 aromatic carbocycles. The van der Waals surface area contributed by atoms with E-state index in [0.29, 0.717) is 19.5 Å². The van der Waals surface area contributed by atoms with Gasteiger partial charge >= 0.3 is 0 Å². The Labute approximate surface area is 187 Å². The topological polar surface area (TPSA) is 101 Å². The monoisotopic (exact) mass is 459 g/mol. The van der Waals surface area contributed by atoms with Crippen LogP contribution in [0.4, 0.5) is 0 Å². The van der Waals surface area contributed by atoms with E-state index in [2.05, 4.69) is 15.3 Å². The second-order valence-electron chi connectivity index (χ2n) is 6.64. The molecule has 0 bridgehead atoms. The molecule has 0 aliphatic carbocycles. The summed E-state index contributed by atoms with van der Waals surface area (Å²) < 4.78 is 0. The molecule has 1 fully saturated rings. The summed E-state index contributed by atoms with van der Waals surface area (Å²) in [6.07, 6.45) is 7.08. The van der Waals surface area contributed by atoms with E-state index >= 15 is 0 Å². The normalized spacial score (nSPS) is 15.8. The van der Waals surface area contributed by atoms with Crippen LogP contribution in [-0.4, -0.2) is 52.4 Å². The Balaban J connectivity index is 0.00000210. The van der Waals surface area contributed by atoms with Crippen LogP contribution in [0.15, 0.2) is 29.9 Å². The lowest BCUT2D eigenvalue weighted by atomic mass is 10.0. The molecule has 2 aromatic rings. The molecule has 10 heteroatoms. The molecular formula is C19H27Cl2N5O2S. The van der Waals surface area contributed by atoms with E-state index < -0.39 is 0 Å². The van der Waals surface area contributed by atoms with Gasteiger partial charge in [0.2, 0.25) is 11.8 Å². The zero-order valence-electron chi connectivity index (χ0n) is 16.1. The van der Waals surface area contributed by atoms with Gasteiger partial charge in [-0.1, -0.05) is 0 Å². The number of nitrogens with zero attached hydrogens (tertiary/aromatic N) is 3. The van der Waals surface area contributed by atoms with Crippen molar-refractivity contribution in [1.29, 1.82) is 0 Å². The van der Waals surface area contributed by atoms with Gasteiger partial charge < -0.3 is 16.0 Å². The number of likely N-dealkylation sites (tertiary alicyclic amines) is 1. The van der Waals surface area contributed by atoms with E-state index in [-0.39, 0.29) is 49.1 Å². The number of thiazole rings is 1. The summed E-state index contributed by atoms with van der Waals surface area (Å²) >= 11 is 1.52. The van der Waals surface area contributed by atoms with Gasteiger partial charge in [0.25, 0.3) is 0 Å². The first-order chi connectivity index (χ1) is 13.2. The molecule has 29 heavy (non-hydrogen) atoms. The highest BCUT2D eigenvalue weighted by Crippen LogP contribution is 2.24. The fourth-order valence-corrected chi connectivity index (χ4v) is 4.07. The lowest BCUT2D eigenvalue weighted by Crippen LogP contribution is -2.50. The molecule has 0 spiro atoms. The van der Waals surface area contributed by atoms with Crippen LogP contribution in [0.2, 0.25) is 0 Å². The molecule has 3 heterocycles. The number of carbonyl (C=O) groups excluding carboxylic acids is 2. The average Bonchev–Trinajstić information content (AvgIpc) is 3.16. The second kappa shape index (κ2) is 12.7. The molecule has 2 amide bonds. The Hall–Kier alpha value is -1.74. The van der Waals surface area contributed by atoms with Gasteiger partial charge in [-0.3, -0.25) is 14.6 Å². The number of aromatic nitrogens is 2. The molecule has 0 saturated carbocycles. The highest BCUT2D eigenvalue weighted by molar-refractivity contribution is 7.13. The molecule has 160 valence electrons. The first-order valence-electron chi connectivity index (χ1n) is 9.28. The third-order valence-electron chi connectivity index (χ3n) is 4.65. The van der Waals surface area contributed by atoms with Crippen molar-refractivity contribution >= 4 is 48.0 Å². The van der Waals surface area contributed by atoms with Crippen LogP contribution in [0, 0.1) is 0 Å². The minimum atomic E-state index is -0.0592. The zero-order chi connectivity index (χ0) is 19.1. The number of carbonyl (C=O) groups is 2. The smallest absolute Gasteiger partial charge is 0.228 e. The van der Waals surface area contributed by atoms with E-state index in [1.54, 1.807) is 12.4 Å². The number of halogens is 2. The van der Waals surface area contributed by atoms with Gasteiger partial charge in [0.15, 0.2) is 0 Å². The number of pyridine rings is 1. The molecular weight excluding hydrogens is 433 g/mol. The van der Waals surface area contributed by atoms with Gasteiger partial charge in [0.05, 0.1) is 12.1 Å². The SMILES string of the molecule is Cl.Cl.NCCC(=O)NCC1CCCCN1C(=O)Cc1csc(-c2cccnc2)n1. The van der Waals surface area contributed by atoms with Crippen molar-refractivity contribution in [1.82, 2.24) is 20.2 Å². The lowest BCUT2D eigenvalue weighted by Gasteiger charge is -2.36. The maximum atomic E-state index is 12.8. The number of hydrogen-bond donors (Lipinski definition) is 2. The van der Waals surface area contributed by atoms with Crippen LogP contribution >= 0.6 is 36.2 Å². The van der Waals surface area contributed by atoms with E-state index in [9.17, 15) is 9.59 Å². The van der Waals surface area contributed by atoms with Gasteiger partial charge in [0, 0.05) is 55.4 Å². The zero-order valence-corrected chi connectivity index (χ0v) is 18.5. The third kappa shape index (κ3) is 7.22. The fraction of sp³-hybridized carbons (Fsp3) is 0.474. The van der Waals surface area contributed by atoms with Gasteiger partial charge in [-0.25, -0.2) is 4.98 Å². The summed E-state index contributed by atoms with van der Waals surface area (Å²) in [6.45, 7) is 1.56. The van der Waals surface area contributed by atoms with Crippen molar-refractivity contribution in [2.24, 2.45) is 5.73 Å². The summed E-state index contributed by atoms with van der Waals surface area (Å²) in [5.74, 6) is 0.00639. The first-order valence-corrected chi connectivity index (χ1v) is 10.2. The van der Waals surface area contributed by atoms with Crippen molar-refractivity contribution < 1.29 is 9.59 Å². The molecule has 3 N–H and O–H groups in total. The maximum absolute atomic E-state index is 12.8. The number of nitrogens with one attached hydrogen (secondary N) is 1. The van der Waals surface area contributed by atoms with E-state index in [0.717, 1.165) is 42.1 Å². The van der Waals surface area contributed by atoms with E-state index in [4.69, 9.17) is 5.73 Å². The number of hydrogen-bond acceptors (Lipinski definition) is 6. The predicted molar refractivity (Wildman–Crippen MR) is 120 cm³/mol. The molecule has 3 rings (SSSR count). The standard InChI is InChI=1S/C19H25N5O2S.2ClH/c20-7-6-17(25)22-12-16-5-1-2-9-24(16)18(26)10-15-13-27-19(23-15)14-4-3-8-21-11-14;;/h3-4,8,11,13,16H,1-2,5-7,9-10,12,20H2,(H,22,25);2*1H. The van der Waals surface area contributed by atoms with Crippen LogP contribution in [-0.2, 0) is 16.0 Å². The van der Waals surface area contributed by atoms with Crippen LogP contribution in [0.5, 0.6) is 0 Å². The molecule has 2 aromatic heterocycles. The van der Waals surface area contributed by atoms with Crippen molar-refractivity contribution in [2.75, 3.05) is 19.6 Å². The predicted octanol–water partition coefficient (Wildman–Crippen LogP) is 2.44. The lowest BCUT2D eigenvalue weighted by molar-refractivity contribution is -0.134. The number of piperidine rings is 1. The van der Waals surface area contributed by atoms with Crippen molar-refractivity contribution in [3.8, 4) is 10.6 Å². The minimum absolute atomic E-state index is 0. The largest absolute Gasteiger partial charge is 0.354 e. The minimum Gasteiger partial charge on any atom is -0.354 e. The summed E-state index contributed by atoms with van der Waals surface area (Å²) in [6, 6.07) is 3.88. The maximum Gasteiger partial charge on any atom is 0.228 e. The summed E-state index contributed by atoms with van der Waals surface area (Å²) in [4.78, 5) is 35.1. The molecule has 1 aliphatic heterocycles. The Morgan fingerprint density at radius 1 is 1.31 bits per heavy atom. The van der Waals surface area contributed by atoms with Crippen LogP contribution < -0.4 is 11.1 Å². The van der Waals surface area contributed by atoms with E-state index in [1.165, 1.54) is 11.3 Å². The summed E-state index contributed by atoms with van der Waals surface area (Å²) in [7, 11) is 0. The Morgan fingerprint density at radius 2 is 2.14 bits per heavy atom. The van der Waals surface area contributed by atoms with E-state index in [1.807, 2.05) is 22.4 Å². The fourth-order valence-electron chi connectivity index (χ4n) is 3.26. The van der Waals surface area contributed by atoms with Crippen LogP contribution in [0.3, 0.4) is 0 Å². The Morgan fingerprint density at radius 3 is 2.86 bits per heavy atom. The number of nitrogens with two attached hydrogens (primary N) is 1. The highest BCUT2D eigenvalue weighted by atomic mass is 35.5. The Kier molecular flexibility index (Phi) is 11.1. The summed E-state index contributed by atoms with van der Waals surface area (Å²) in [5, 5.41) is 5.70. The third-order valence-corrected chi connectivity index (χ3v) is 5.59. The quantitative estimate of drug-likeness (QED) is 0.661. The van der Waals surface area contributed by atoms with Gasteiger partial charge in [0.1, 0.15) is 5.01 Å². The number of rotatable bonds is 7. The van der Waals surface area contributed by atoms with Crippen molar-refractivity contribution in [2.45, 2.75) is 38.1 Å². The molecule has 7 nitrogen and oxygen atoms in total. The highest BCUT2D eigenvalue weighted by Gasteiger charge is 2.27. The molecule has 1 atom stereocenters. The molecule has 0 radical (unpaired) electrons. The van der Waals surface area contributed by atoms with Gasteiger partial charge in [-0.15, -0.1) is 36.2 Å².